The molecule has 0 bridgehead atoms. The molecule has 0 aromatic heterocycles. The van der Waals surface area contributed by atoms with Crippen LogP contribution >= 0.6 is 0 Å². The van der Waals surface area contributed by atoms with Crippen molar-refractivity contribution in [2.45, 2.75) is 52.0 Å². The largest absolute Gasteiger partial charge is 0.354 e. The molecule has 0 aliphatic carbocycles. The number of anilines is 1. The van der Waals surface area contributed by atoms with Gasteiger partial charge in [-0.2, -0.15) is 0 Å². The van der Waals surface area contributed by atoms with Gasteiger partial charge in [-0.3, -0.25) is 13.9 Å². The summed E-state index contributed by atoms with van der Waals surface area (Å²) in [4.78, 5) is 28.6. The zero-order chi connectivity index (χ0) is 28.6. The molecule has 0 aliphatic rings. The first kappa shape index (κ1) is 29.9. The van der Waals surface area contributed by atoms with Crippen LogP contribution in [0.3, 0.4) is 0 Å². The van der Waals surface area contributed by atoms with Crippen molar-refractivity contribution in [1.82, 2.24) is 10.2 Å². The molecule has 0 fully saturated rings. The molecule has 3 aromatic carbocycles. The first-order valence-corrected chi connectivity index (χ1v) is 14.7. The molecule has 208 valence electrons. The van der Waals surface area contributed by atoms with E-state index in [1.165, 1.54) is 21.3 Å². The lowest BCUT2D eigenvalue weighted by Crippen LogP contribution is -2.52. The highest BCUT2D eigenvalue weighted by Crippen LogP contribution is 2.29. The third kappa shape index (κ3) is 7.69. The van der Waals surface area contributed by atoms with Crippen LogP contribution in [0.25, 0.3) is 0 Å². The average molecular weight is 550 g/mol. The summed E-state index contributed by atoms with van der Waals surface area (Å²) in [5.41, 5.74) is 3.14. The quantitative estimate of drug-likeness (QED) is 0.354. The van der Waals surface area contributed by atoms with Crippen LogP contribution in [-0.4, -0.2) is 50.8 Å². The van der Waals surface area contributed by atoms with E-state index in [4.69, 9.17) is 0 Å². The smallest absolute Gasteiger partial charge is 0.264 e. The van der Waals surface area contributed by atoms with Gasteiger partial charge in [0.15, 0.2) is 0 Å². The van der Waals surface area contributed by atoms with Gasteiger partial charge in [-0.15, -0.1) is 0 Å². The van der Waals surface area contributed by atoms with Crippen molar-refractivity contribution < 1.29 is 18.0 Å². The van der Waals surface area contributed by atoms with E-state index < -0.39 is 28.5 Å². The van der Waals surface area contributed by atoms with Crippen LogP contribution in [0.1, 0.15) is 37.5 Å². The van der Waals surface area contributed by atoms with E-state index in [1.54, 1.807) is 37.3 Å². The minimum Gasteiger partial charge on any atom is -0.354 e. The predicted molar refractivity (Wildman–Crippen MR) is 156 cm³/mol. The van der Waals surface area contributed by atoms with Gasteiger partial charge in [-0.05, 0) is 68.0 Å². The van der Waals surface area contributed by atoms with Gasteiger partial charge >= 0.3 is 0 Å². The van der Waals surface area contributed by atoms with Crippen LogP contribution in [0.15, 0.2) is 83.8 Å². The van der Waals surface area contributed by atoms with Crippen molar-refractivity contribution in [3.8, 4) is 0 Å². The Morgan fingerprint density at radius 2 is 1.46 bits per heavy atom. The summed E-state index contributed by atoms with van der Waals surface area (Å²) in [5.74, 6) is -0.460. The van der Waals surface area contributed by atoms with Gasteiger partial charge in [-0.1, -0.05) is 74.5 Å². The van der Waals surface area contributed by atoms with E-state index in [1.807, 2.05) is 64.1 Å². The maximum atomic E-state index is 13.9. The molecule has 0 heterocycles. The average Bonchev–Trinajstić information content (AvgIpc) is 2.93. The van der Waals surface area contributed by atoms with Crippen LogP contribution in [-0.2, 0) is 26.0 Å². The molecule has 7 nitrogen and oxygen atoms in total. The standard InChI is InChI=1S/C31H39N3O4S/c1-23(2)21-32-31(36)26(5)33(20-19-27-14-8-6-9-15-27)30(35)22-34(29-18-12-13-24(3)25(29)4)39(37,38)28-16-10-7-11-17-28/h6-18,23,26H,19-22H2,1-5H3,(H,32,36)/t26-/m0/s1. The lowest BCUT2D eigenvalue weighted by molar-refractivity contribution is -0.138. The molecule has 0 saturated carbocycles. The molecule has 1 atom stereocenters. The fourth-order valence-electron chi connectivity index (χ4n) is 4.26. The number of rotatable bonds is 12. The molecule has 2 amide bonds. The van der Waals surface area contributed by atoms with Crippen molar-refractivity contribution in [3.05, 3.63) is 95.6 Å². The Kier molecular flexibility index (Phi) is 10.3. The molecular weight excluding hydrogens is 510 g/mol. The molecular formula is C31H39N3O4S. The van der Waals surface area contributed by atoms with E-state index in [2.05, 4.69) is 5.32 Å². The van der Waals surface area contributed by atoms with Crippen LogP contribution in [0.5, 0.6) is 0 Å². The molecule has 39 heavy (non-hydrogen) atoms. The summed E-state index contributed by atoms with van der Waals surface area (Å²) >= 11 is 0. The predicted octanol–water partition coefficient (Wildman–Crippen LogP) is 4.73. The fraction of sp³-hybridized carbons (Fsp3) is 0.355. The highest BCUT2D eigenvalue weighted by molar-refractivity contribution is 7.92. The van der Waals surface area contributed by atoms with Crippen LogP contribution in [0.4, 0.5) is 5.69 Å². The Hall–Kier alpha value is -3.65. The summed E-state index contributed by atoms with van der Waals surface area (Å²) in [6.45, 7) is 9.76. The van der Waals surface area contributed by atoms with Gasteiger partial charge in [0.05, 0.1) is 10.6 Å². The van der Waals surface area contributed by atoms with Crippen molar-refractivity contribution in [3.63, 3.8) is 0 Å². The highest BCUT2D eigenvalue weighted by Gasteiger charge is 2.33. The molecule has 0 aliphatic heterocycles. The molecule has 8 heteroatoms. The maximum absolute atomic E-state index is 13.9. The second-order valence-corrected chi connectivity index (χ2v) is 12.0. The second-order valence-electron chi connectivity index (χ2n) is 10.2. The number of nitrogens with zero attached hydrogens (tertiary/aromatic N) is 2. The number of benzene rings is 3. The Morgan fingerprint density at radius 1 is 0.846 bits per heavy atom. The summed E-state index contributed by atoms with van der Waals surface area (Å²) in [7, 11) is -4.07. The Bertz CT molecular complexity index is 1360. The number of carbonyl (C=O) groups excluding carboxylic acids is 2. The van der Waals surface area contributed by atoms with E-state index >= 15 is 0 Å². The highest BCUT2D eigenvalue weighted by atomic mass is 32.2. The van der Waals surface area contributed by atoms with Crippen LogP contribution in [0.2, 0.25) is 0 Å². The van der Waals surface area contributed by atoms with Gasteiger partial charge in [0.25, 0.3) is 10.0 Å². The SMILES string of the molecule is Cc1cccc(N(CC(=O)N(CCc2ccccc2)[C@@H](C)C(=O)NCC(C)C)S(=O)(=O)c2ccccc2)c1C. The summed E-state index contributed by atoms with van der Waals surface area (Å²) in [6.07, 6.45) is 0.531. The summed E-state index contributed by atoms with van der Waals surface area (Å²) in [6, 6.07) is 22.4. The van der Waals surface area contributed by atoms with Crippen molar-refractivity contribution >= 4 is 27.5 Å². The number of hydrogen-bond acceptors (Lipinski definition) is 4. The minimum absolute atomic E-state index is 0.0947. The van der Waals surface area contributed by atoms with Gasteiger partial charge in [0, 0.05) is 13.1 Å². The van der Waals surface area contributed by atoms with Gasteiger partial charge in [0.1, 0.15) is 12.6 Å². The lowest BCUT2D eigenvalue weighted by atomic mass is 10.1. The van der Waals surface area contributed by atoms with Crippen LogP contribution in [0, 0.1) is 19.8 Å². The van der Waals surface area contributed by atoms with Crippen molar-refractivity contribution in [2.75, 3.05) is 23.9 Å². The van der Waals surface area contributed by atoms with Crippen molar-refractivity contribution in [1.29, 1.82) is 0 Å². The van der Waals surface area contributed by atoms with E-state index in [0.29, 0.717) is 18.7 Å². The van der Waals surface area contributed by atoms with Gasteiger partial charge in [-0.25, -0.2) is 8.42 Å². The number of sulfonamides is 1. The number of aryl methyl sites for hydroxylation is 1. The Labute approximate surface area is 232 Å². The normalized spacial score (nSPS) is 12.2. The molecule has 0 spiro atoms. The van der Waals surface area contributed by atoms with E-state index in [9.17, 15) is 18.0 Å². The fourth-order valence-corrected chi connectivity index (χ4v) is 5.75. The zero-order valence-electron chi connectivity index (χ0n) is 23.4. The number of hydrogen-bond donors (Lipinski definition) is 1. The topological polar surface area (TPSA) is 86.8 Å². The summed E-state index contributed by atoms with van der Waals surface area (Å²) in [5, 5.41) is 2.91. The number of carbonyl (C=O) groups is 2. The monoisotopic (exact) mass is 549 g/mol. The van der Waals surface area contributed by atoms with Gasteiger partial charge < -0.3 is 10.2 Å². The number of amides is 2. The van der Waals surface area contributed by atoms with Gasteiger partial charge in [0.2, 0.25) is 11.8 Å². The number of nitrogens with one attached hydrogen (secondary N) is 1. The summed E-state index contributed by atoms with van der Waals surface area (Å²) < 4.78 is 28.9. The second kappa shape index (κ2) is 13.4. The Balaban J connectivity index is 1.99. The Morgan fingerprint density at radius 3 is 2.08 bits per heavy atom. The van der Waals surface area contributed by atoms with E-state index in [-0.39, 0.29) is 23.3 Å². The zero-order valence-corrected chi connectivity index (χ0v) is 24.2. The minimum atomic E-state index is -4.07. The molecule has 0 radical (unpaired) electrons. The molecule has 3 aromatic rings. The lowest BCUT2D eigenvalue weighted by Gasteiger charge is -2.32. The molecule has 0 unspecified atom stereocenters. The third-order valence-corrected chi connectivity index (χ3v) is 8.56. The molecule has 3 rings (SSSR count). The molecule has 0 saturated heterocycles. The third-order valence-electron chi connectivity index (χ3n) is 6.79. The van der Waals surface area contributed by atoms with E-state index in [0.717, 1.165) is 16.7 Å². The van der Waals surface area contributed by atoms with Crippen molar-refractivity contribution in [2.24, 2.45) is 5.92 Å². The molecule has 1 N–H and O–H groups in total. The van der Waals surface area contributed by atoms with Crippen LogP contribution < -0.4 is 9.62 Å². The first-order chi connectivity index (χ1) is 18.5. The maximum Gasteiger partial charge on any atom is 0.264 e. The first-order valence-electron chi connectivity index (χ1n) is 13.3.